The Morgan fingerprint density at radius 1 is 1.43 bits per heavy atom. The molecule has 1 atom stereocenters. The second-order valence-electron chi connectivity index (χ2n) is 4.76. The van der Waals surface area contributed by atoms with Crippen LogP contribution in [0.2, 0.25) is 0 Å². The van der Waals surface area contributed by atoms with Gasteiger partial charge in [-0.1, -0.05) is 13.0 Å². The highest BCUT2D eigenvalue weighted by Gasteiger charge is 2.25. The molecule has 0 fully saturated rings. The first-order chi connectivity index (χ1) is 9.97. The molecule has 0 aromatic carbocycles. The van der Waals surface area contributed by atoms with E-state index in [1.54, 1.807) is 31.4 Å². The molecule has 0 amide bonds. The molecule has 2 aromatic rings. The van der Waals surface area contributed by atoms with Crippen LogP contribution in [0.15, 0.2) is 32.9 Å². The Hall–Kier alpha value is -1.15. The number of furan rings is 1. The van der Waals surface area contributed by atoms with E-state index in [1.807, 2.05) is 24.4 Å². The lowest BCUT2D eigenvalue weighted by Gasteiger charge is -2.15. The predicted molar refractivity (Wildman–Crippen MR) is 83.9 cm³/mol. The van der Waals surface area contributed by atoms with Gasteiger partial charge in [-0.15, -0.1) is 11.3 Å². The molecule has 5 nitrogen and oxygen atoms in total. The van der Waals surface area contributed by atoms with Crippen LogP contribution in [0.4, 0.5) is 0 Å². The topological polar surface area (TPSA) is 71.3 Å². The van der Waals surface area contributed by atoms with Crippen molar-refractivity contribution in [2.24, 2.45) is 0 Å². The quantitative estimate of drug-likeness (QED) is 0.820. The van der Waals surface area contributed by atoms with Crippen molar-refractivity contribution in [2.75, 3.05) is 7.05 Å². The summed E-state index contributed by atoms with van der Waals surface area (Å²) in [5.74, 6) is 1.02. The Balaban J connectivity index is 2.25. The molecule has 0 aliphatic carbocycles. The summed E-state index contributed by atoms with van der Waals surface area (Å²) in [6, 6.07) is 5.23. The maximum atomic E-state index is 12.5. The van der Waals surface area contributed by atoms with E-state index < -0.39 is 10.0 Å². The molecule has 7 heteroatoms. The van der Waals surface area contributed by atoms with Gasteiger partial charge in [0.2, 0.25) is 10.0 Å². The van der Waals surface area contributed by atoms with E-state index in [1.165, 1.54) is 0 Å². The number of nitrogens with one attached hydrogen (secondary N) is 2. The molecule has 116 valence electrons. The van der Waals surface area contributed by atoms with Gasteiger partial charge in [-0.05, 0) is 31.8 Å². The van der Waals surface area contributed by atoms with Crippen molar-refractivity contribution in [2.45, 2.75) is 37.8 Å². The lowest BCUT2D eigenvalue weighted by Crippen LogP contribution is -2.28. The molecule has 1 unspecified atom stereocenters. The number of thiophene rings is 1. The Bertz CT molecular complexity index is 675. The summed E-state index contributed by atoms with van der Waals surface area (Å²) in [5, 5.41) is 4.89. The van der Waals surface area contributed by atoms with Crippen LogP contribution in [0.1, 0.15) is 35.8 Å². The van der Waals surface area contributed by atoms with E-state index in [9.17, 15) is 8.42 Å². The molecular formula is C14H20N2O3S2. The van der Waals surface area contributed by atoms with Gasteiger partial charge in [0.05, 0.1) is 12.6 Å². The van der Waals surface area contributed by atoms with E-state index in [0.29, 0.717) is 24.5 Å². The molecule has 2 rings (SSSR count). The van der Waals surface area contributed by atoms with E-state index >= 15 is 0 Å². The van der Waals surface area contributed by atoms with Gasteiger partial charge in [0.1, 0.15) is 16.4 Å². The summed E-state index contributed by atoms with van der Waals surface area (Å²) in [6.45, 7) is 4.12. The van der Waals surface area contributed by atoms with Crippen molar-refractivity contribution < 1.29 is 12.8 Å². The fourth-order valence-corrected chi connectivity index (χ4v) is 4.57. The average Bonchev–Trinajstić information content (AvgIpc) is 3.06. The van der Waals surface area contributed by atoms with Crippen LogP contribution in [-0.2, 0) is 16.6 Å². The third-order valence-electron chi connectivity index (χ3n) is 3.16. The Morgan fingerprint density at radius 3 is 2.76 bits per heavy atom. The summed E-state index contributed by atoms with van der Waals surface area (Å²) in [7, 11) is -1.80. The first-order valence-electron chi connectivity index (χ1n) is 6.77. The third kappa shape index (κ3) is 3.74. The second kappa shape index (κ2) is 6.74. The first-order valence-corrected chi connectivity index (χ1v) is 9.13. The lowest BCUT2D eigenvalue weighted by molar-refractivity contribution is 0.465. The van der Waals surface area contributed by atoms with Crippen LogP contribution in [-0.4, -0.2) is 15.5 Å². The van der Waals surface area contributed by atoms with Crippen LogP contribution in [0.5, 0.6) is 0 Å². The van der Waals surface area contributed by atoms with E-state index in [4.69, 9.17) is 4.42 Å². The van der Waals surface area contributed by atoms with Crippen LogP contribution < -0.4 is 10.0 Å². The second-order valence-corrected chi connectivity index (χ2v) is 7.42. The van der Waals surface area contributed by atoms with Crippen LogP contribution in [0, 0.1) is 6.92 Å². The zero-order chi connectivity index (χ0) is 15.5. The van der Waals surface area contributed by atoms with Gasteiger partial charge in [0, 0.05) is 10.9 Å². The predicted octanol–water partition coefficient (Wildman–Crippen LogP) is 2.80. The molecule has 2 aromatic heterocycles. The molecule has 0 bridgehead atoms. The molecule has 0 saturated carbocycles. The molecular weight excluding hydrogens is 308 g/mol. The molecule has 21 heavy (non-hydrogen) atoms. The van der Waals surface area contributed by atoms with Gasteiger partial charge in [-0.3, -0.25) is 0 Å². The van der Waals surface area contributed by atoms with Gasteiger partial charge in [-0.25, -0.2) is 13.1 Å². The average molecular weight is 328 g/mol. The molecule has 0 spiro atoms. The fraction of sp³-hybridized carbons (Fsp3) is 0.429. The van der Waals surface area contributed by atoms with Gasteiger partial charge >= 0.3 is 0 Å². The maximum absolute atomic E-state index is 12.5. The van der Waals surface area contributed by atoms with Crippen molar-refractivity contribution in [1.29, 1.82) is 0 Å². The van der Waals surface area contributed by atoms with Gasteiger partial charge in [0.25, 0.3) is 0 Å². The summed E-state index contributed by atoms with van der Waals surface area (Å²) < 4.78 is 33.3. The van der Waals surface area contributed by atoms with Gasteiger partial charge in [-0.2, -0.15) is 0 Å². The highest BCUT2D eigenvalue weighted by molar-refractivity contribution is 7.89. The minimum Gasteiger partial charge on any atom is -0.464 e. The minimum atomic E-state index is -3.59. The van der Waals surface area contributed by atoms with Crippen LogP contribution in [0.25, 0.3) is 0 Å². The summed E-state index contributed by atoms with van der Waals surface area (Å²) in [6.07, 6.45) is 0.694. The molecule has 2 heterocycles. The van der Waals surface area contributed by atoms with Crippen molar-refractivity contribution in [1.82, 2.24) is 10.0 Å². The van der Waals surface area contributed by atoms with Gasteiger partial charge in [0.15, 0.2) is 0 Å². The summed E-state index contributed by atoms with van der Waals surface area (Å²) in [4.78, 5) is 1.22. The van der Waals surface area contributed by atoms with Crippen molar-refractivity contribution in [3.05, 3.63) is 40.0 Å². The van der Waals surface area contributed by atoms with Crippen LogP contribution in [0.3, 0.4) is 0 Å². The monoisotopic (exact) mass is 328 g/mol. The molecule has 0 saturated heterocycles. The lowest BCUT2D eigenvalue weighted by atomic mass is 10.2. The van der Waals surface area contributed by atoms with Crippen LogP contribution >= 0.6 is 11.3 Å². The summed E-state index contributed by atoms with van der Waals surface area (Å²) in [5.41, 5.74) is 0. The minimum absolute atomic E-state index is 0.211. The summed E-state index contributed by atoms with van der Waals surface area (Å²) >= 11 is 1.55. The first kappa shape index (κ1) is 16.2. The zero-order valence-corrected chi connectivity index (χ0v) is 14.0. The Labute approximate surface area is 129 Å². The molecule has 0 aliphatic rings. The largest absolute Gasteiger partial charge is 0.464 e. The standard InChI is InChI=1S/C14H20N2O3S2/c1-4-12(13-6-5-7-20-13)16-21(17,18)14-8-11(9-15-3)19-10(14)2/h5-8,12,15-16H,4,9H2,1-3H3. The Morgan fingerprint density at radius 2 is 2.19 bits per heavy atom. The van der Waals surface area contributed by atoms with Crippen molar-refractivity contribution in [3.63, 3.8) is 0 Å². The van der Waals surface area contributed by atoms with Crippen molar-refractivity contribution in [3.8, 4) is 0 Å². The van der Waals surface area contributed by atoms with E-state index in [-0.39, 0.29) is 10.9 Å². The number of hydrogen-bond acceptors (Lipinski definition) is 5. The molecule has 0 aliphatic heterocycles. The Kier molecular flexibility index (Phi) is 5.21. The van der Waals surface area contributed by atoms with E-state index in [2.05, 4.69) is 10.0 Å². The number of hydrogen-bond donors (Lipinski definition) is 2. The number of rotatable bonds is 7. The zero-order valence-electron chi connectivity index (χ0n) is 12.3. The maximum Gasteiger partial charge on any atom is 0.244 e. The van der Waals surface area contributed by atoms with Gasteiger partial charge < -0.3 is 9.73 Å². The smallest absolute Gasteiger partial charge is 0.244 e. The normalized spacial score (nSPS) is 13.5. The highest BCUT2D eigenvalue weighted by Crippen LogP contribution is 2.26. The SMILES string of the molecule is CCC(NS(=O)(=O)c1cc(CNC)oc1C)c1cccs1. The fourth-order valence-electron chi connectivity index (χ4n) is 2.14. The third-order valence-corrected chi connectivity index (χ3v) is 5.72. The van der Waals surface area contributed by atoms with Crippen molar-refractivity contribution >= 4 is 21.4 Å². The number of aryl methyl sites for hydroxylation is 1. The molecule has 2 N–H and O–H groups in total. The number of sulfonamides is 1. The molecule has 0 radical (unpaired) electrons. The van der Waals surface area contributed by atoms with E-state index in [0.717, 1.165) is 4.88 Å². The highest BCUT2D eigenvalue weighted by atomic mass is 32.2.